The third-order valence-corrected chi connectivity index (χ3v) is 3.90. The van der Waals surface area contributed by atoms with Gasteiger partial charge in [-0.15, -0.1) is 23.1 Å². The second kappa shape index (κ2) is 6.56. The lowest BCUT2D eigenvalue weighted by atomic mass is 10.3. The first kappa shape index (κ1) is 13.1. The molecule has 86 valence electrons. The van der Waals surface area contributed by atoms with E-state index in [-0.39, 0.29) is 12.5 Å². The van der Waals surface area contributed by atoms with Crippen molar-refractivity contribution in [3.05, 3.63) is 16.3 Å². The van der Waals surface area contributed by atoms with Crippen molar-refractivity contribution in [1.29, 1.82) is 5.26 Å². The first-order valence-corrected chi connectivity index (χ1v) is 7.12. The first-order valence-electron chi connectivity index (χ1n) is 5.02. The summed E-state index contributed by atoms with van der Waals surface area (Å²) in [7, 11) is 0. The van der Waals surface area contributed by atoms with E-state index in [1.54, 1.807) is 16.7 Å². The molecule has 0 aliphatic carbocycles. The van der Waals surface area contributed by atoms with Gasteiger partial charge in [-0.1, -0.05) is 6.92 Å². The van der Waals surface area contributed by atoms with Gasteiger partial charge in [-0.25, -0.2) is 0 Å². The van der Waals surface area contributed by atoms with Crippen LogP contribution in [0.15, 0.2) is 16.3 Å². The van der Waals surface area contributed by atoms with Gasteiger partial charge in [0.15, 0.2) is 0 Å². The molecule has 0 fully saturated rings. The molecule has 5 heteroatoms. The molecule has 0 spiro atoms. The molecule has 1 aromatic rings. The van der Waals surface area contributed by atoms with Gasteiger partial charge >= 0.3 is 0 Å². The van der Waals surface area contributed by atoms with Crippen molar-refractivity contribution in [2.75, 3.05) is 19.3 Å². The smallest absolute Gasteiger partial charge is 0.265 e. The summed E-state index contributed by atoms with van der Waals surface area (Å²) in [6.07, 6.45) is 2.82. The second-order valence-corrected chi connectivity index (χ2v) is 4.97. The molecule has 1 heterocycles. The van der Waals surface area contributed by atoms with Crippen molar-refractivity contribution < 1.29 is 4.79 Å². The number of hydrogen-bond donors (Lipinski definition) is 0. The van der Waals surface area contributed by atoms with Crippen molar-refractivity contribution in [3.63, 3.8) is 0 Å². The van der Waals surface area contributed by atoms with Crippen LogP contribution in [0.4, 0.5) is 0 Å². The lowest BCUT2D eigenvalue weighted by Gasteiger charge is -2.18. The van der Waals surface area contributed by atoms with Crippen LogP contribution in [0, 0.1) is 11.3 Å². The van der Waals surface area contributed by atoms with Gasteiger partial charge in [0.2, 0.25) is 0 Å². The van der Waals surface area contributed by atoms with Crippen LogP contribution in [0.2, 0.25) is 0 Å². The summed E-state index contributed by atoms with van der Waals surface area (Å²) in [5.74, 6) is -0.0252. The molecule has 3 nitrogen and oxygen atoms in total. The van der Waals surface area contributed by atoms with E-state index in [4.69, 9.17) is 5.26 Å². The number of nitrogens with zero attached hydrogens (tertiary/aromatic N) is 2. The highest BCUT2D eigenvalue weighted by atomic mass is 32.2. The monoisotopic (exact) mass is 254 g/mol. The SMILES string of the molecule is CCCN(CC#N)C(=O)c1sccc1SC. The lowest BCUT2D eigenvalue weighted by Crippen LogP contribution is -2.31. The van der Waals surface area contributed by atoms with Gasteiger partial charge in [-0.3, -0.25) is 4.79 Å². The predicted molar refractivity (Wildman–Crippen MR) is 67.9 cm³/mol. The van der Waals surface area contributed by atoms with Crippen molar-refractivity contribution >= 4 is 29.0 Å². The molecule has 0 aliphatic heterocycles. The number of rotatable bonds is 5. The predicted octanol–water partition coefficient (Wildman–Crippen LogP) is 2.85. The minimum Gasteiger partial charge on any atom is -0.325 e. The molecule has 0 bridgehead atoms. The van der Waals surface area contributed by atoms with Gasteiger partial charge < -0.3 is 4.90 Å². The summed E-state index contributed by atoms with van der Waals surface area (Å²) in [6.45, 7) is 2.80. The van der Waals surface area contributed by atoms with E-state index in [0.29, 0.717) is 6.54 Å². The molecule has 0 atom stereocenters. The Morgan fingerprint density at radius 1 is 1.69 bits per heavy atom. The third kappa shape index (κ3) is 3.00. The van der Waals surface area contributed by atoms with Crippen molar-refractivity contribution in [2.24, 2.45) is 0 Å². The standard InChI is InChI=1S/C11H14N2OS2/c1-3-6-13(7-5-12)11(14)10-9(15-2)4-8-16-10/h4,8H,3,6-7H2,1-2H3. The van der Waals surface area contributed by atoms with E-state index in [0.717, 1.165) is 16.2 Å². The van der Waals surface area contributed by atoms with E-state index in [9.17, 15) is 4.79 Å². The summed E-state index contributed by atoms with van der Waals surface area (Å²) in [6, 6.07) is 3.98. The van der Waals surface area contributed by atoms with Crippen LogP contribution in [0.1, 0.15) is 23.0 Å². The van der Waals surface area contributed by atoms with Crippen LogP contribution in [-0.4, -0.2) is 30.2 Å². The molecule has 16 heavy (non-hydrogen) atoms. The Balaban J connectivity index is 2.86. The zero-order valence-electron chi connectivity index (χ0n) is 9.40. The minimum atomic E-state index is -0.0252. The Bertz CT molecular complexity index is 395. The van der Waals surface area contributed by atoms with Gasteiger partial charge in [0.05, 0.1) is 6.07 Å². The number of hydrogen-bond acceptors (Lipinski definition) is 4. The highest BCUT2D eigenvalue weighted by Crippen LogP contribution is 2.26. The lowest BCUT2D eigenvalue weighted by molar-refractivity contribution is 0.0778. The maximum absolute atomic E-state index is 12.1. The van der Waals surface area contributed by atoms with E-state index in [2.05, 4.69) is 0 Å². The highest BCUT2D eigenvalue weighted by molar-refractivity contribution is 7.98. The first-order chi connectivity index (χ1) is 7.74. The number of nitriles is 1. The minimum absolute atomic E-state index is 0.0252. The molecule has 0 radical (unpaired) electrons. The third-order valence-electron chi connectivity index (χ3n) is 2.09. The molecular formula is C11H14N2OS2. The topological polar surface area (TPSA) is 44.1 Å². The quantitative estimate of drug-likeness (QED) is 0.599. The molecule has 1 rings (SSSR count). The number of amides is 1. The van der Waals surface area contributed by atoms with Crippen LogP contribution in [0.3, 0.4) is 0 Å². The fourth-order valence-electron chi connectivity index (χ4n) is 1.37. The summed E-state index contributed by atoms with van der Waals surface area (Å²) in [5, 5.41) is 10.6. The Hall–Kier alpha value is -0.990. The van der Waals surface area contributed by atoms with Gasteiger partial charge in [-0.2, -0.15) is 5.26 Å². The molecule has 1 amide bonds. The Labute approximate surface area is 104 Å². The van der Waals surface area contributed by atoms with Gasteiger partial charge in [0.1, 0.15) is 11.4 Å². The Morgan fingerprint density at radius 3 is 3.00 bits per heavy atom. The Kier molecular flexibility index (Phi) is 5.36. The summed E-state index contributed by atoms with van der Waals surface area (Å²) in [5.41, 5.74) is 0. The normalized spacial score (nSPS) is 9.81. The highest BCUT2D eigenvalue weighted by Gasteiger charge is 2.18. The molecule has 0 saturated heterocycles. The zero-order chi connectivity index (χ0) is 12.0. The van der Waals surface area contributed by atoms with Crippen LogP contribution in [0.5, 0.6) is 0 Å². The Morgan fingerprint density at radius 2 is 2.44 bits per heavy atom. The largest absolute Gasteiger partial charge is 0.325 e. The van der Waals surface area contributed by atoms with Crippen molar-refractivity contribution in [1.82, 2.24) is 4.90 Å². The van der Waals surface area contributed by atoms with E-state index >= 15 is 0 Å². The fraction of sp³-hybridized carbons (Fsp3) is 0.455. The van der Waals surface area contributed by atoms with Crippen molar-refractivity contribution in [2.45, 2.75) is 18.2 Å². The van der Waals surface area contributed by atoms with Gasteiger partial charge in [0, 0.05) is 11.4 Å². The number of thiophene rings is 1. The number of carbonyl (C=O) groups excluding carboxylic acids is 1. The molecule has 0 N–H and O–H groups in total. The zero-order valence-corrected chi connectivity index (χ0v) is 11.0. The average molecular weight is 254 g/mol. The van der Waals surface area contributed by atoms with Crippen LogP contribution >= 0.6 is 23.1 Å². The van der Waals surface area contributed by atoms with Crippen LogP contribution in [-0.2, 0) is 0 Å². The molecule has 0 unspecified atom stereocenters. The molecule has 1 aromatic heterocycles. The van der Waals surface area contributed by atoms with E-state index < -0.39 is 0 Å². The fourth-order valence-corrected chi connectivity index (χ4v) is 3.08. The summed E-state index contributed by atoms with van der Waals surface area (Å²) in [4.78, 5) is 15.5. The summed E-state index contributed by atoms with van der Waals surface area (Å²) >= 11 is 3.00. The van der Waals surface area contributed by atoms with Crippen LogP contribution in [0.25, 0.3) is 0 Å². The number of carbonyl (C=O) groups is 1. The van der Waals surface area contributed by atoms with Gasteiger partial charge in [-0.05, 0) is 24.1 Å². The maximum atomic E-state index is 12.1. The molecular weight excluding hydrogens is 240 g/mol. The van der Waals surface area contributed by atoms with Crippen molar-refractivity contribution in [3.8, 4) is 6.07 Å². The van der Waals surface area contributed by atoms with Crippen LogP contribution < -0.4 is 0 Å². The van der Waals surface area contributed by atoms with Gasteiger partial charge in [0.25, 0.3) is 5.91 Å². The second-order valence-electron chi connectivity index (χ2n) is 3.20. The summed E-state index contributed by atoms with van der Waals surface area (Å²) < 4.78 is 0. The average Bonchev–Trinajstić information content (AvgIpc) is 2.75. The molecule has 0 saturated carbocycles. The molecule has 0 aliphatic rings. The number of thioether (sulfide) groups is 1. The molecule has 0 aromatic carbocycles. The van der Waals surface area contributed by atoms with E-state index in [1.807, 2.05) is 30.7 Å². The van der Waals surface area contributed by atoms with E-state index in [1.165, 1.54) is 11.3 Å². The maximum Gasteiger partial charge on any atom is 0.265 e.